The number of nitro groups is 1. The van der Waals surface area contributed by atoms with Crippen LogP contribution in [0.5, 0.6) is 5.75 Å². The maximum absolute atomic E-state index is 12.2. The lowest BCUT2D eigenvalue weighted by atomic mass is 10.1. The first kappa shape index (κ1) is 24.0. The molecule has 172 valence electrons. The van der Waals surface area contributed by atoms with E-state index in [9.17, 15) is 14.9 Å². The first-order valence-corrected chi connectivity index (χ1v) is 11.7. The Labute approximate surface area is 192 Å². The van der Waals surface area contributed by atoms with Crippen molar-refractivity contribution in [2.45, 2.75) is 31.9 Å². The van der Waals surface area contributed by atoms with Gasteiger partial charge >= 0.3 is 5.69 Å². The number of hydrogen-bond acceptors (Lipinski definition) is 7. The third-order valence-corrected chi connectivity index (χ3v) is 6.16. The molecule has 1 unspecified atom stereocenters. The predicted octanol–water partition coefficient (Wildman–Crippen LogP) is 3.37. The van der Waals surface area contributed by atoms with Crippen LogP contribution in [0.2, 0.25) is 0 Å². The zero-order chi connectivity index (χ0) is 22.9. The monoisotopic (exact) mass is 459 g/mol. The fraction of sp³-hybridized carbons (Fsp3) is 0.435. The molecule has 0 spiro atoms. The molecule has 1 atom stereocenters. The van der Waals surface area contributed by atoms with E-state index in [4.69, 9.17) is 9.47 Å². The molecular weight excluding hydrogens is 430 g/mol. The first-order valence-electron chi connectivity index (χ1n) is 10.5. The van der Waals surface area contributed by atoms with Crippen molar-refractivity contribution < 1.29 is 19.2 Å². The second kappa shape index (κ2) is 11.8. The van der Waals surface area contributed by atoms with E-state index in [2.05, 4.69) is 29.3 Å². The van der Waals surface area contributed by atoms with Crippen LogP contribution in [0.4, 0.5) is 5.69 Å². The highest BCUT2D eigenvalue weighted by Crippen LogP contribution is 2.29. The Morgan fingerprint density at radius 1 is 1.28 bits per heavy atom. The highest BCUT2D eigenvalue weighted by molar-refractivity contribution is 7.99. The Morgan fingerprint density at radius 3 is 2.84 bits per heavy atom. The summed E-state index contributed by atoms with van der Waals surface area (Å²) < 4.78 is 10.6. The lowest BCUT2D eigenvalue weighted by Crippen LogP contribution is -2.40. The zero-order valence-electron chi connectivity index (χ0n) is 18.4. The maximum Gasteiger partial charge on any atom is 0.311 e. The molecule has 1 fully saturated rings. The number of benzene rings is 2. The first-order chi connectivity index (χ1) is 15.4. The van der Waals surface area contributed by atoms with Gasteiger partial charge in [0.1, 0.15) is 0 Å². The minimum absolute atomic E-state index is 0.0644. The van der Waals surface area contributed by atoms with E-state index in [0.29, 0.717) is 12.3 Å². The SMILES string of the molecule is COc1ccc(CSCC(=O)NCc2cccc(CN3CCOC(C)C3)c2)cc1[N+](=O)[O-]. The minimum atomic E-state index is -0.465. The molecule has 32 heavy (non-hydrogen) atoms. The number of methoxy groups -OCH3 is 1. The van der Waals surface area contributed by atoms with Gasteiger partial charge < -0.3 is 14.8 Å². The standard InChI is InChI=1S/C23H29N3O5S/c1-17-13-25(8-9-31-17)14-19-5-3-4-18(10-19)12-24-23(27)16-32-15-20-6-7-22(30-2)21(11-20)26(28)29/h3-7,10-11,17H,8-9,12-16H2,1-2H3,(H,24,27). The van der Waals surface area contributed by atoms with Crippen molar-refractivity contribution in [3.05, 3.63) is 69.3 Å². The Bertz CT molecular complexity index is 940. The fourth-order valence-electron chi connectivity index (χ4n) is 3.61. The van der Waals surface area contributed by atoms with E-state index in [1.165, 1.54) is 30.5 Å². The van der Waals surface area contributed by atoms with Crippen molar-refractivity contribution in [1.82, 2.24) is 10.2 Å². The molecule has 3 rings (SSSR count). The summed E-state index contributed by atoms with van der Waals surface area (Å²) in [6, 6.07) is 13.1. The van der Waals surface area contributed by atoms with Gasteiger partial charge in [0.25, 0.3) is 0 Å². The molecule has 0 aromatic heterocycles. The number of ether oxygens (including phenoxy) is 2. The van der Waals surface area contributed by atoms with E-state index in [1.807, 2.05) is 12.1 Å². The molecule has 1 aliphatic heterocycles. The van der Waals surface area contributed by atoms with Crippen LogP contribution in [-0.2, 0) is 28.4 Å². The third-order valence-electron chi connectivity index (χ3n) is 5.15. The Morgan fingerprint density at radius 2 is 2.09 bits per heavy atom. The molecular formula is C23H29N3O5S. The highest BCUT2D eigenvalue weighted by atomic mass is 32.2. The van der Waals surface area contributed by atoms with Gasteiger partial charge in [0.15, 0.2) is 5.75 Å². The second-order valence-electron chi connectivity index (χ2n) is 7.77. The van der Waals surface area contributed by atoms with Crippen molar-refractivity contribution >= 4 is 23.4 Å². The van der Waals surface area contributed by atoms with Gasteiger partial charge in [-0.15, -0.1) is 11.8 Å². The third kappa shape index (κ3) is 7.22. The molecule has 0 bridgehead atoms. The molecule has 1 N–H and O–H groups in total. The summed E-state index contributed by atoms with van der Waals surface area (Å²) in [7, 11) is 1.40. The molecule has 1 amide bonds. The molecule has 1 saturated heterocycles. The lowest BCUT2D eigenvalue weighted by molar-refractivity contribution is -0.385. The molecule has 2 aromatic rings. The molecule has 0 saturated carbocycles. The highest BCUT2D eigenvalue weighted by Gasteiger charge is 2.17. The Balaban J connectivity index is 1.43. The van der Waals surface area contributed by atoms with Gasteiger partial charge in [0.2, 0.25) is 5.91 Å². The number of carbonyl (C=O) groups excluding carboxylic acids is 1. The average molecular weight is 460 g/mol. The van der Waals surface area contributed by atoms with Gasteiger partial charge in [-0.25, -0.2) is 0 Å². The summed E-state index contributed by atoms with van der Waals surface area (Å²) >= 11 is 1.42. The van der Waals surface area contributed by atoms with Crippen molar-refractivity contribution in [1.29, 1.82) is 0 Å². The number of amides is 1. The average Bonchev–Trinajstić information content (AvgIpc) is 2.78. The molecule has 8 nitrogen and oxygen atoms in total. The fourth-order valence-corrected chi connectivity index (χ4v) is 4.42. The van der Waals surface area contributed by atoms with Crippen molar-refractivity contribution in [2.75, 3.05) is 32.6 Å². The van der Waals surface area contributed by atoms with Crippen LogP contribution >= 0.6 is 11.8 Å². The summed E-state index contributed by atoms with van der Waals surface area (Å²) in [5, 5.41) is 14.1. The molecule has 2 aromatic carbocycles. The number of nitro benzene ring substituents is 1. The maximum atomic E-state index is 12.2. The van der Waals surface area contributed by atoms with Crippen LogP contribution in [0.3, 0.4) is 0 Å². The number of thioether (sulfide) groups is 1. The number of morpholine rings is 1. The van der Waals surface area contributed by atoms with Crippen LogP contribution in [0.25, 0.3) is 0 Å². The predicted molar refractivity (Wildman–Crippen MR) is 125 cm³/mol. The van der Waals surface area contributed by atoms with Gasteiger partial charge in [0, 0.05) is 38.0 Å². The molecule has 1 heterocycles. The molecule has 0 radical (unpaired) electrons. The van der Waals surface area contributed by atoms with Crippen molar-refractivity contribution in [2.24, 2.45) is 0 Å². The minimum Gasteiger partial charge on any atom is -0.490 e. The van der Waals surface area contributed by atoms with Crippen molar-refractivity contribution in [3.8, 4) is 5.75 Å². The zero-order valence-corrected chi connectivity index (χ0v) is 19.2. The number of nitrogens with one attached hydrogen (secondary N) is 1. The van der Waals surface area contributed by atoms with Gasteiger partial charge in [-0.2, -0.15) is 0 Å². The molecule has 0 aliphatic carbocycles. The summed E-state index contributed by atoms with van der Waals surface area (Å²) in [5.74, 6) is 0.953. The van der Waals surface area contributed by atoms with E-state index >= 15 is 0 Å². The molecule has 1 aliphatic rings. The molecule has 9 heteroatoms. The van der Waals surface area contributed by atoms with E-state index in [-0.39, 0.29) is 29.2 Å². The number of rotatable bonds is 10. The second-order valence-corrected chi connectivity index (χ2v) is 8.75. The van der Waals surface area contributed by atoms with Gasteiger partial charge in [-0.1, -0.05) is 30.3 Å². The van der Waals surface area contributed by atoms with Crippen LogP contribution in [0.1, 0.15) is 23.6 Å². The van der Waals surface area contributed by atoms with Gasteiger partial charge in [-0.3, -0.25) is 19.8 Å². The van der Waals surface area contributed by atoms with E-state index in [1.54, 1.807) is 12.1 Å². The number of carbonyl (C=O) groups is 1. The van der Waals surface area contributed by atoms with E-state index in [0.717, 1.165) is 37.4 Å². The Kier molecular flexibility index (Phi) is 8.90. The van der Waals surface area contributed by atoms with Crippen molar-refractivity contribution in [3.63, 3.8) is 0 Å². The summed E-state index contributed by atoms with van der Waals surface area (Å²) in [5.41, 5.74) is 3.00. The number of nitrogens with zero attached hydrogens (tertiary/aromatic N) is 2. The summed E-state index contributed by atoms with van der Waals surface area (Å²) in [6.07, 6.45) is 0.257. The van der Waals surface area contributed by atoms with E-state index < -0.39 is 4.92 Å². The van der Waals surface area contributed by atoms with Crippen LogP contribution < -0.4 is 10.1 Å². The quantitative estimate of drug-likeness (QED) is 0.430. The van der Waals surface area contributed by atoms with Crippen LogP contribution in [-0.4, -0.2) is 54.4 Å². The summed E-state index contributed by atoms with van der Waals surface area (Å²) in [6.45, 7) is 6.06. The largest absolute Gasteiger partial charge is 0.490 e. The van der Waals surface area contributed by atoms with Gasteiger partial charge in [0.05, 0.1) is 30.5 Å². The smallest absolute Gasteiger partial charge is 0.311 e. The Hall–Kier alpha value is -2.62. The normalized spacial score (nSPS) is 16.5. The van der Waals surface area contributed by atoms with Crippen LogP contribution in [0.15, 0.2) is 42.5 Å². The van der Waals surface area contributed by atoms with Gasteiger partial charge in [-0.05, 0) is 29.7 Å². The number of hydrogen-bond donors (Lipinski definition) is 1. The lowest BCUT2D eigenvalue weighted by Gasteiger charge is -2.31. The van der Waals surface area contributed by atoms with Crippen LogP contribution in [0, 0.1) is 10.1 Å². The summed E-state index contributed by atoms with van der Waals surface area (Å²) in [4.78, 5) is 25.3. The topological polar surface area (TPSA) is 93.9 Å².